The Kier molecular flexibility index (Phi) is 6.91. The fourth-order valence-corrected chi connectivity index (χ4v) is 3.75. The van der Waals surface area contributed by atoms with Crippen molar-refractivity contribution in [1.82, 2.24) is 19.2 Å². The third-order valence-electron chi connectivity index (χ3n) is 4.46. The smallest absolute Gasteiger partial charge is 0.251 e. The number of nitrogens with one attached hydrogen (secondary N) is 2. The Bertz CT molecular complexity index is 1060. The number of nitrogens with zero attached hydrogens (tertiary/aromatic N) is 3. The first-order valence-electron chi connectivity index (χ1n) is 9.43. The molecule has 2 N–H and O–H groups in total. The Morgan fingerprint density at radius 3 is 2.77 bits per heavy atom. The van der Waals surface area contributed by atoms with Crippen molar-refractivity contribution in [3.63, 3.8) is 0 Å². The Hall–Kier alpha value is -3.11. The third-order valence-corrected chi connectivity index (χ3v) is 6.25. The predicted octanol–water partition coefficient (Wildman–Crippen LogP) is 2.16. The van der Waals surface area contributed by atoms with Gasteiger partial charge >= 0.3 is 0 Å². The molecule has 0 aliphatic carbocycles. The number of furan rings is 1. The van der Waals surface area contributed by atoms with Crippen molar-refractivity contribution in [3.8, 4) is 0 Å². The zero-order chi connectivity index (χ0) is 21.6. The minimum absolute atomic E-state index is 0.0493. The summed E-state index contributed by atoms with van der Waals surface area (Å²) < 4.78 is 33.3. The molecule has 0 aliphatic rings. The standard InChI is InChI=1S/C20H25N5O4S/c1-24(2)30(27,28)19-11-17(10-18(12-19)23-13-16-4-9-29-14-16)20(26)22-5-3-7-25-8-6-21-15-25/h4,6,8-12,14-15,23H,3,5,7,13H2,1-2H3,(H,22,26). The van der Waals surface area contributed by atoms with E-state index in [-0.39, 0.29) is 16.4 Å². The number of rotatable bonds is 10. The lowest BCUT2D eigenvalue weighted by Gasteiger charge is -2.15. The van der Waals surface area contributed by atoms with Crippen LogP contribution >= 0.6 is 0 Å². The maximum atomic E-state index is 12.7. The van der Waals surface area contributed by atoms with Gasteiger partial charge in [0.05, 0.1) is 23.7 Å². The predicted molar refractivity (Wildman–Crippen MR) is 113 cm³/mol. The molecule has 1 aromatic carbocycles. The SMILES string of the molecule is CN(C)S(=O)(=O)c1cc(NCc2ccoc2)cc(C(=O)NCCCn2ccnc2)c1. The molecule has 0 radical (unpaired) electrons. The number of sulfonamides is 1. The molecule has 0 unspecified atom stereocenters. The molecule has 0 aliphatic heterocycles. The first-order chi connectivity index (χ1) is 14.4. The quantitative estimate of drug-likeness (QED) is 0.476. The van der Waals surface area contributed by atoms with Gasteiger partial charge in [0.2, 0.25) is 10.0 Å². The van der Waals surface area contributed by atoms with Gasteiger partial charge in [0.25, 0.3) is 5.91 Å². The van der Waals surface area contributed by atoms with Crippen LogP contribution < -0.4 is 10.6 Å². The van der Waals surface area contributed by atoms with Gasteiger partial charge in [0, 0.05) is 62.9 Å². The molecule has 0 bridgehead atoms. The molecule has 160 valence electrons. The van der Waals surface area contributed by atoms with Gasteiger partial charge in [-0.1, -0.05) is 0 Å². The number of aryl methyl sites for hydroxylation is 1. The van der Waals surface area contributed by atoms with E-state index in [9.17, 15) is 13.2 Å². The van der Waals surface area contributed by atoms with E-state index in [4.69, 9.17) is 4.42 Å². The van der Waals surface area contributed by atoms with Gasteiger partial charge in [-0.15, -0.1) is 0 Å². The maximum Gasteiger partial charge on any atom is 0.251 e. The summed E-state index contributed by atoms with van der Waals surface area (Å²) >= 11 is 0. The van der Waals surface area contributed by atoms with Gasteiger partial charge in [-0.2, -0.15) is 0 Å². The number of hydrogen-bond donors (Lipinski definition) is 2. The Labute approximate surface area is 175 Å². The minimum Gasteiger partial charge on any atom is -0.472 e. The Morgan fingerprint density at radius 1 is 1.27 bits per heavy atom. The number of benzene rings is 1. The van der Waals surface area contributed by atoms with Gasteiger partial charge in [-0.05, 0) is 30.7 Å². The summed E-state index contributed by atoms with van der Waals surface area (Å²) in [6, 6.07) is 6.36. The molecule has 2 aromatic heterocycles. The summed E-state index contributed by atoms with van der Waals surface area (Å²) in [6.07, 6.45) is 9.16. The average molecular weight is 432 g/mol. The lowest BCUT2D eigenvalue weighted by molar-refractivity contribution is 0.0952. The Balaban J connectivity index is 1.73. The summed E-state index contributed by atoms with van der Waals surface area (Å²) in [5, 5.41) is 5.99. The first-order valence-corrected chi connectivity index (χ1v) is 10.9. The zero-order valence-corrected chi connectivity index (χ0v) is 17.7. The molecule has 9 nitrogen and oxygen atoms in total. The zero-order valence-electron chi connectivity index (χ0n) is 16.9. The third kappa shape index (κ3) is 5.49. The summed E-state index contributed by atoms with van der Waals surface area (Å²) in [6.45, 7) is 1.63. The number of amides is 1. The molecular weight excluding hydrogens is 406 g/mol. The fourth-order valence-electron chi connectivity index (χ4n) is 2.77. The molecular formula is C20H25N5O4S. The van der Waals surface area contributed by atoms with Gasteiger partial charge < -0.3 is 19.6 Å². The molecule has 0 spiro atoms. The first kappa shape index (κ1) is 21.6. The van der Waals surface area contributed by atoms with Gasteiger partial charge in [0.1, 0.15) is 0 Å². The molecule has 30 heavy (non-hydrogen) atoms. The van der Waals surface area contributed by atoms with E-state index in [1.807, 2.05) is 10.8 Å². The highest BCUT2D eigenvalue weighted by molar-refractivity contribution is 7.89. The number of aromatic nitrogens is 2. The van der Waals surface area contributed by atoms with E-state index in [0.29, 0.717) is 18.8 Å². The van der Waals surface area contributed by atoms with Crippen LogP contribution in [-0.4, -0.2) is 48.8 Å². The normalized spacial score (nSPS) is 11.6. The highest BCUT2D eigenvalue weighted by atomic mass is 32.2. The van der Waals surface area contributed by atoms with Crippen molar-refractivity contribution >= 4 is 21.6 Å². The fraction of sp³-hybridized carbons (Fsp3) is 0.300. The lowest BCUT2D eigenvalue weighted by atomic mass is 10.1. The average Bonchev–Trinajstić information content (AvgIpc) is 3.43. The van der Waals surface area contributed by atoms with Crippen molar-refractivity contribution in [3.05, 3.63) is 66.6 Å². The molecule has 3 rings (SSSR count). The second-order valence-electron chi connectivity index (χ2n) is 6.93. The van der Waals surface area contributed by atoms with Crippen molar-refractivity contribution in [2.24, 2.45) is 0 Å². The van der Waals surface area contributed by atoms with Crippen LogP contribution in [0.3, 0.4) is 0 Å². The van der Waals surface area contributed by atoms with Crippen molar-refractivity contribution in [2.75, 3.05) is 26.0 Å². The topological polar surface area (TPSA) is 109 Å². The van der Waals surface area contributed by atoms with Crippen LogP contribution in [0.25, 0.3) is 0 Å². The van der Waals surface area contributed by atoms with Crippen LogP contribution in [0.5, 0.6) is 0 Å². The van der Waals surface area contributed by atoms with Crippen LogP contribution in [0.2, 0.25) is 0 Å². The van der Waals surface area contributed by atoms with E-state index in [0.717, 1.165) is 22.8 Å². The second-order valence-corrected chi connectivity index (χ2v) is 9.08. The summed E-state index contributed by atoms with van der Waals surface area (Å²) in [5.74, 6) is -0.331. The van der Waals surface area contributed by atoms with Crippen LogP contribution in [0, 0.1) is 0 Å². The van der Waals surface area contributed by atoms with Crippen LogP contribution in [-0.2, 0) is 23.1 Å². The monoisotopic (exact) mass is 431 g/mol. The second kappa shape index (κ2) is 9.59. The van der Waals surface area contributed by atoms with E-state index in [1.54, 1.807) is 37.2 Å². The number of anilines is 1. The molecule has 0 saturated heterocycles. The molecule has 1 amide bonds. The Morgan fingerprint density at radius 2 is 2.10 bits per heavy atom. The minimum atomic E-state index is -3.70. The summed E-state index contributed by atoms with van der Waals surface area (Å²) in [7, 11) is -0.788. The van der Waals surface area contributed by atoms with E-state index in [2.05, 4.69) is 15.6 Å². The van der Waals surface area contributed by atoms with Crippen LogP contribution in [0.15, 0.2) is 64.8 Å². The molecule has 2 heterocycles. The molecule has 0 saturated carbocycles. The van der Waals surface area contributed by atoms with Crippen molar-refractivity contribution < 1.29 is 17.6 Å². The highest BCUT2D eigenvalue weighted by Crippen LogP contribution is 2.22. The maximum absolute atomic E-state index is 12.7. The van der Waals surface area contributed by atoms with Crippen molar-refractivity contribution in [1.29, 1.82) is 0 Å². The van der Waals surface area contributed by atoms with E-state index in [1.165, 1.54) is 26.2 Å². The van der Waals surface area contributed by atoms with Crippen LogP contribution in [0.1, 0.15) is 22.3 Å². The highest BCUT2D eigenvalue weighted by Gasteiger charge is 2.20. The van der Waals surface area contributed by atoms with Crippen molar-refractivity contribution in [2.45, 2.75) is 24.4 Å². The molecule has 3 aromatic rings. The van der Waals surface area contributed by atoms with E-state index < -0.39 is 10.0 Å². The number of carbonyl (C=O) groups is 1. The largest absolute Gasteiger partial charge is 0.472 e. The summed E-state index contributed by atoms with van der Waals surface area (Å²) in [4.78, 5) is 16.7. The van der Waals surface area contributed by atoms with Gasteiger partial charge in [0.15, 0.2) is 0 Å². The lowest BCUT2D eigenvalue weighted by Crippen LogP contribution is -2.26. The molecule has 0 atom stereocenters. The van der Waals surface area contributed by atoms with Crippen LogP contribution in [0.4, 0.5) is 5.69 Å². The summed E-state index contributed by atoms with van der Waals surface area (Å²) in [5.41, 5.74) is 1.71. The van der Waals surface area contributed by atoms with E-state index >= 15 is 0 Å². The molecule has 10 heteroatoms. The van der Waals surface area contributed by atoms with Gasteiger partial charge in [-0.3, -0.25) is 4.79 Å². The number of carbonyl (C=O) groups excluding carboxylic acids is 1. The molecule has 0 fully saturated rings. The number of hydrogen-bond acceptors (Lipinski definition) is 6. The number of imidazole rings is 1. The van der Waals surface area contributed by atoms with Gasteiger partial charge in [-0.25, -0.2) is 17.7 Å².